The molecule has 0 aromatic carbocycles. The molecule has 0 saturated carbocycles. The van der Waals surface area contributed by atoms with Crippen LogP contribution < -0.4 is 3.95 Å². The normalized spacial score (nSPS) is 22.3. The molecule has 0 bridgehead atoms. The summed E-state index contributed by atoms with van der Waals surface area (Å²) in [7, 11) is 0. The Morgan fingerprint density at radius 3 is 2.73 bits per heavy atom. The van der Waals surface area contributed by atoms with Crippen LogP contribution in [0.3, 0.4) is 0 Å². The number of rotatable bonds is 3. The molecule has 2 N–H and O–H groups in total. The third kappa shape index (κ3) is 4.02. The first-order valence-electron chi connectivity index (χ1n) is 6.13. The predicted octanol–water partition coefficient (Wildman–Crippen LogP) is 4.58. The van der Waals surface area contributed by atoms with E-state index in [-0.39, 0.29) is 9.12 Å². The molecular formula is C14H13F3I2N2O. The van der Waals surface area contributed by atoms with E-state index in [1.54, 1.807) is 18.2 Å². The number of carbonyl (C=O) groups is 1. The second-order valence-electron chi connectivity index (χ2n) is 4.72. The number of ketones is 1. The Bertz CT molecular complexity index is 672. The van der Waals surface area contributed by atoms with Gasteiger partial charge in [-0.2, -0.15) is 0 Å². The number of aromatic nitrogens is 1. The number of nitrogens with two attached hydrogens (primary N) is 1. The number of alkyl halides is 5. The van der Waals surface area contributed by atoms with E-state index in [1.807, 2.05) is 19.1 Å². The number of allylic oxidation sites excluding steroid dienone is 6. The maximum absolute atomic E-state index is 12.8. The van der Waals surface area contributed by atoms with E-state index in [4.69, 9.17) is 3.95 Å². The molecule has 3 nitrogen and oxygen atoms in total. The number of nitrogens with zero attached hydrogens (tertiary/aromatic N) is 1. The van der Waals surface area contributed by atoms with E-state index in [9.17, 15) is 18.0 Å². The van der Waals surface area contributed by atoms with Gasteiger partial charge in [0.05, 0.1) is 0 Å². The molecule has 22 heavy (non-hydrogen) atoms. The zero-order valence-corrected chi connectivity index (χ0v) is 15.8. The molecule has 1 unspecified atom stereocenters. The van der Waals surface area contributed by atoms with Gasteiger partial charge in [0.25, 0.3) is 0 Å². The third-order valence-corrected chi connectivity index (χ3v) is 6.83. The van der Waals surface area contributed by atoms with E-state index in [0.717, 1.165) is 2.78 Å². The summed E-state index contributed by atoms with van der Waals surface area (Å²) in [5, 5.41) is 0. The van der Waals surface area contributed by atoms with Crippen molar-refractivity contribution in [2.45, 2.75) is 14.5 Å². The Hall–Kier alpha value is -0.620. The van der Waals surface area contributed by atoms with Gasteiger partial charge in [0, 0.05) is 0 Å². The summed E-state index contributed by atoms with van der Waals surface area (Å²) in [6, 6.07) is 2.79. The number of halogens is 5. The Morgan fingerprint density at radius 1 is 1.41 bits per heavy atom. The fraction of sp³-hybridized carbons (Fsp3) is 0.214. The summed E-state index contributed by atoms with van der Waals surface area (Å²) >= 11 is -1.75. The second-order valence-corrected chi connectivity index (χ2v) is 11.0. The van der Waals surface area contributed by atoms with Crippen molar-refractivity contribution in [2.75, 3.05) is 0 Å². The van der Waals surface area contributed by atoms with Crippen LogP contribution in [0.4, 0.5) is 13.2 Å². The molecule has 0 saturated heterocycles. The number of carbonyl (C=O) groups excluding carboxylic acids is 1. The van der Waals surface area contributed by atoms with Crippen LogP contribution in [-0.2, 0) is 0 Å². The second kappa shape index (κ2) is 6.48. The van der Waals surface area contributed by atoms with Crippen molar-refractivity contribution in [1.82, 2.24) is 2.78 Å². The van der Waals surface area contributed by atoms with Crippen LogP contribution in [-0.4, -0.2) is 16.2 Å². The summed E-state index contributed by atoms with van der Waals surface area (Å²) in [5.41, 5.74) is 0.314. The van der Waals surface area contributed by atoms with Gasteiger partial charge in [0.15, 0.2) is 0 Å². The van der Waals surface area contributed by atoms with Gasteiger partial charge < -0.3 is 0 Å². The minimum absolute atomic E-state index is 0.0219. The van der Waals surface area contributed by atoms with Gasteiger partial charge in [-0.05, 0) is 0 Å². The molecular weight excluding hydrogens is 523 g/mol. The van der Waals surface area contributed by atoms with Gasteiger partial charge in [-0.25, -0.2) is 0 Å². The molecule has 0 aliphatic heterocycles. The van der Waals surface area contributed by atoms with E-state index in [2.05, 4.69) is 22.6 Å². The molecule has 2 rings (SSSR count). The Kier molecular flexibility index (Phi) is 5.22. The third-order valence-electron chi connectivity index (χ3n) is 2.90. The Labute approximate surface area is 147 Å². The van der Waals surface area contributed by atoms with Gasteiger partial charge in [-0.1, -0.05) is 0 Å². The molecule has 0 spiro atoms. The molecule has 1 aromatic heterocycles. The SMILES string of the molecule is CC1(I)C=CC=C(C(=O)c2cccn2I(N)C(F)(F)F)C=C1. The van der Waals surface area contributed by atoms with Crippen LogP contribution in [0.1, 0.15) is 17.4 Å². The van der Waals surface area contributed by atoms with Gasteiger partial charge >= 0.3 is 148 Å². The average Bonchev–Trinajstić information content (AvgIpc) is 2.81. The molecule has 1 atom stereocenters. The van der Waals surface area contributed by atoms with Gasteiger partial charge in [-0.3, -0.25) is 0 Å². The minimum atomic E-state index is -4.47. The first kappa shape index (κ1) is 17.7. The van der Waals surface area contributed by atoms with Crippen LogP contribution in [0.5, 0.6) is 0 Å². The first-order valence-corrected chi connectivity index (χ1v) is 10.5. The fourth-order valence-corrected chi connectivity index (χ4v) is 4.25. The Morgan fingerprint density at radius 2 is 2.09 bits per heavy atom. The van der Waals surface area contributed by atoms with Crippen molar-refractivity contribution in [3.8, 4) is 0 Å². The van der Waals surface area contributed by atoms with E-state index in [0.29, 0.717) is 5.57 Å². The molecule has 120 valence electrons. The fourth-order valence-electron chi connectivity index (χ4n) is 1.80. The molecule has 1 aromatic rings. The van der Waals surface area contributed by atoms with E-state index < -0.39 is 30.3 Å². The van der Waals surface area contributed by atoms with E-state index >= 15 is 0 Å². The molecule has 0 fully saturated rings. The zero-order valence-electron chi connectivity index (χ0n) is 11.4. The predicted molar refractivity (Wildman–Crippen MR) is 97.2 cm³/mol. The van der Waals surface area contributed by atoms with Crippen molar-refractivity contribution >= 4 is 48.7 Å². The van der Waals surface area contributed by atoms with Crippen LogP contribution >= 0.6 is 43.0 Å². The summed E-state index contributed by atoms with van der Waals surface area (Å²) in [5.74, 6) is -0.461. The molecule has 0 radical (unpaired) electrons. The van der Waals surface area contributed by atoms with Gasteiger partial charge in [0.2, 0.25) is 0 Å². The van der Waals surface area contributed by atoms with Crippen molar-refractivity contribution in [3.63, 3.8) is 0 Å². The Balaban J connectivity index is 2.35. The number of hydrogen-bond acceptors (Lipinski definition) is 2. The number of hydrogen-bond donors (Lipinski definition) is 1. The maximum atomic E-state index is 12.8. The van der Waals surface area contributed by atoms with Crippen molar-refractivity contribution in [1.29, 1.82) is 0 Å². The van der Waals surface area contributed by atoms with Crippen molar-refractivity contribution in [2.24, 2.45) is 3.95 Å². The number of Topliss-reactive ketones (excluding diaryl/α,β-unsaturated/α-hetero) is 1. The molecule has 1 heterocycles. The van der Waals surface area contributed by atoms with Crippen molar-refractivity contribution < 1.29 is 18.0 Å². The van der Waals surface area contributed by atoms with Crippen LogP contribution in [0.2, 0.25) is 0 Å². The average molecular weight is 536 g/mol. The molecule has 1 aliphatic rings. The first-order chi connectivity index (χ1) is 10.1. The summed E-state index contributed by atoms with van der Waals surface area (Å²) in [6.07, 6.45) is 9.93. The summed E-state index contributed by atoms with van der Waals surface area (Å²) in [6.45, 7) is 1.96. The van der Waals surface area contributed by atoms with Crippen molar-refractivity contribution in [3.05, 3.63) is 60.0 Å². The molecule has 1 aliphatic carbocycles. The van der Waals surface area contributed by atoms with Crippen LogP contribution in [0.15, 0.2) is 54.3 Å². The van der Waals surface area contributed by atoms with Gasteiger partial charge in [-0.15, -0.1) is 0 Å². The quantitative estimate of drug-likeness (QED) is 0.266. The summed E-state index contributed by atoms with van der Waals surface area (Å²) in [4.78, 5) is 12.5. The molecule has 0 amide bonds. The monoisotopic (exact) mass is 536 g/mol. The molecule has 8 heteroatoms. The van der Waals surface area contributed by atoms with Gasteiger partial charge in [0.1, 0.15) is 0 Å². The zero-order chi connectivity index (χ0) is 16.5. The summed E-state index contributed by atoms with van der Waals surface area (Å²) < 4.78 is 40.1. The van der Waals surface area contributed by atoms with Crippen LogP contribution in [0, 0.1) is 0 Å². The standard InChI is InChI=1S/C14H13F3I2N2O/c1-13(18)7-2-4-10(6-8-13)12(22)11-5-3-9-21(11)19(20)14(15,16)17/h2-9H,20H2,1H3. The topological polar surface area (TPSA) is 48.0 Å². The van der Waals surface area contributed by atoms with E-state index in [1.165, 1.54) is 18.3 Å². The van der Waals surface area contributed by atoms with Crippen LogP contribution in [0.25, 0.3) is 0 Å².